The van der Waals surface area contributed by atoms with Crippen LogP contribution in [0.15, 0.2) is 46.9 Å². The Bertz CT molecular complexity index is 687. The van der Waals surface area contributed by atoms with Crippen LogP contribution in [0.5, 0.6) is 5.75 Å². The predicted molar refractivity (Wildman–Crippen MR) is 85.6 cm³/mol. The second kappa shape index (κ2) is 6.60. The molecule has 2 aromatic rings. The lowest BCUT2D eigenvalue weighted by Crippen LogP contribution is -1.88. The highest BCUT2D eigenvalue weighted by Gasteiger charge is 2.05. The van der Waals surface area contributed by atoms with Gasteiger partial charge in [-0.15, -0.1) is 0 Å². The standard InChI is InChI=1S/C16H11BrClNO/c1-20-16-7-4-14(17)9-12(16)8-13(10-19)11-2-5-15(18)6-3-11/h2-9H,1H3/b13-8-. The molecule has 4 heteroatoms. The molecule has 0 spiro atoms. The molecule has 20 heavy (non-hydrogen) atoms. The van der Waals surface area contributed by atoms with E-state index in [0.717, 1.165) is 21.3 Å². The van der Waals surface area contributed by atoms with Gasteiger partial charge in [-0.2, -0.15) is 5.26 Å². The number of allylic oxidation sites excluding steroid dienone is 1. The highest BCUT2D eigenvalue weighted by molar-refractivity contribution is 9.10. The third kappa shape index (κ3) is 3.41. The zero-order valence-electron chi connectivity index (χ0n) is 10.7. The van der Waals surface area contributed by atoms with E-state index < -0.39 is 0 Å². The first kappa shape index (κ1) is 14.6. The maximum Gasteiger partial charge on any atom is 0.126 e. The van der Waals surface area contributed by atoms with Gasteiger partial charge in [0.05, 0.1) is 18.8 Å². The van der Waals surface area contributed by atoms with Gasteiger partial charge in [-0.1, -0.05) is 39.7 Å². The average molecular weight is 349 g/mol. The second-order valence-corrected chi connectivity index (χ2v) is 5.42. The summed E-state index contributed by atoms with van der Waals surface area (Å²) in [6, 6.07) is 15.0. The summed E-state index contributed by atoms with van der Waals surface area (Å²) in [5.41, 5.74) is 2.21. The van der Waals surface area contributed by atoms with Crippen molar-refractivity contribution >= 4 is 39.2 Å². The number of halogens is 2. The molecule has 0 atom stereocenters. The van der Waals surface area contributed by atoms with E-state index in [1.807, 2.05) is 30.3 Å². The van der Waals surface area contributed by atoms with Gasteiger partial charge in [0.1, 0.15) is 5.75 Å². The van der Waals surface area contributed by atoms with Crippen LogP contribution in [0, 0.1) is 11.3 Å². The molecule has 0 saturated carbocycles. The topological polar surface area (TPSA) is 33.0 Å². The number of hydrogen-bond donors (Lipinski definition) is 0. The van der Waals surface area contributed by atoms with Crippen molar-refractivity contribution in [3.63, 3.8) is 0 Å². The smallest absolute Gasteiger partial charge is 0.126 e. The zero-order chi connectivity index (χ0) is 14.5. The Labute approximate surface area is 131 Å². The highest BCUT2D eigenvalue weighted by atomic mass is 79.9. The van der Waals surface area contributed by atoms with Crippen LogP contribution in [0.3, 0.4) is 0 Å². The van der Waals surface area contributed by atoms with Crippen LogP contribution in [0.2, 0.25) is 5.02 Å². The van der Waals surface area contributed by atoms with E-state index in [1.54, 1.807) is 25.3 Å². The number of rotatable bonds is 3. The van der Waals surface area contributed by atoms with Crippen molar-refractivity contribution in [3.8, 4) is 11.8 Å². The number of methoxy groups -OCH3 is 1. The van der Waals surface area contributed by atoms with E-state index in [0.29, 0.717) is 10.6 Å². The Kier molecular flexibility index (Phi) is 4.84. The Morgan fingerprint density at radius 1 is 1.25 bits per heavy atom. The summed E-state index contributed by atoms with van der Waals surface area (Å²) in [5, 5.41) is 9.98. The maximum absolute atomic E-state index is 9.34. The quantitative estimate of drug-likeness (QED) is 0.566. The Balaban J connectivity index is 2.49. The lowest BCUT2D eigenvalue weighted by molar-refractivity contribution is 0.414. The van der Waals surface area contributed by atoms with Gasteiger partial charge in [-0.05, 0) is 42.0 Å². The molecule has 0 radical (unpaired) electrons. The van der Waals surface area contributed by atoms with Gasteiger partial charge >= 0.3 is 0 Å². The van der Waals surface area contributed by atoms with Crippen molar-refractivity contribution in [2.75, 3.05) is 7.11 Å². The summed E-state index contributed by atoms with van der Waals surface area (Å²) < 4.78 is 6.23. The van der Waals surface area contributed by atoms with Crippen molar-refractivity contribution in [1.82, 2.24) is 0 Å². The normalized spacial score (nSPS) is 11.0. The van der Waals surface area contributed by atoms with Crippen molar-refractivity contribution < 1.29 is 4.74 Å². The van der Waals surface area contributed by atoms with Crippen molar-refractivity contribution in [2.45, 2.75) is 0 Å². The van der Waals surface area contributed by atoms with Gasteiger partial charge in [0.25, 0.3) is 0 Å². The SMILES string of the molecule is COc1ccc(Br)cc1/C=C(/C#N)c1ccc(Cl)cc1. The first-order chi connectivity index (χ1) is 9.63. The van der Waals surface area contributed by atoms with E-state index in [9.17, 15) is 5.26 Å². The minimum absolute atomic E-state index is 0.554. The van der Waals surface area contributed by atoms with Crippen LogP contribution >= 0.6 is 27.5 Å². The number of nitrogens with zero attached hydrogens (tertiary/aromatic N) is 1. The Morgan fingerprint density at radius 2 is 1.95 bits per heavy atom. The van der Waals surface area contributed by atoms with E-state index >= 15 is 0 Å². The number of hydrogen-bond acceptors (Lipinski definition) is 2. The number of benzene rings is 2. The van der Waals surface area contributed by atoms with E-state index in [4.69, 9.17) is 16.3 Å². The van der Waals surface area contributed by atoms with Crippen molar-refractivity contribution in [3.05, 3.63) is 63.1 Å². The largest absolute Gasteiger partial charge is 0.496 e. The summed E-state index contributed by atoms with van der Waals surface area (Å²) in [6.45, 7) is 0. The molecular formula is C16H11BrClNO. The lowest BCUT2D eigenvalue weighted by Gasteiger charge is -2.06. The van der Waals surface area contributed by atoms with Gasteiger partial charge < -0.3 is 4.74 Å². The van der Waals surface area contributed by atoms with Gasteiger partial charge in [0.2, 0.25) is 0 Å². The fourth-order valence-electron chi connectivity index (χ4n) is 1.78. The molecule has 0 fully saturated rings. The molecule has 0 heterocycles. The van der Waals surface area contributed by atoms with Gasteiger partial charge in [0, 0.05) is 15.1 Å². The first-order valence-electron chi connectivity index (χ1n) is 5.85. The van der Waals surface area contributed by atoms with E-state index in [1.165, 1.54) is 0 Å². The monoisotopic (exact) mass is 347 g/mol. The lowest BCUT2D eigenvalue weighted by atomic mass is 10.0. The Morgan fingerprint density at radius 3 is 2.55 bits per heavy atom. The molecule has 0 aliphatic carbocycles. The number of ether oxygens (including phenoxy) is 1. The average Bonchev–Trinajstić information content (AvgIpc) is 2.46. The fourth-order valence-corrected chi connectivity index (χ4v) is 2.29. The van der Waals surface area contributed by atoms with Crippen molar-refractivity contribution in [2.24, 2.45) is 0 Å². The molecule has 100 valence electrons. The minimum atomic E-state index is 0.554. The summed E-state index contributed by atoms with van der Waals surface area (Å²) in [4.78, 5) is 0. The third-order valence-corrected chi connectivity index (χ3v) is 3.51. The predicted octanol–water partition coefficient (Wildman–Crippen LogP) is 5.18. The molecule has 2 rings (SSSR count). The summed E-state index contributed by atoms with van der Waals surface area (Å²) in [5.74, 6) is 0.718. The van der Waals surface area contributed by atoms with E-state index in [-0.39, 0.29) is 0 Å². The fraction of sp³-hybridized carbons (Fsp3) is 0.0625. The molecule has 0 aliphatic heterocycles. The molecule has 0 N–H and O–H groups in total. The molecule has 0 bridgehead atoms. The van der Waals surface area contributed by atoms with Crippen LogP contribution in [0.25, 0.3) is 11.6 Å². The van der Waals surface area contributed by atoms with Crippen LogP contribution < -0.4 is 4.74 Å². The zero-order valence-corrected chi connectivity index (χ0v) is 13.1. The second-order valence-electron chi connectivity index (χ2n) is 4.06. The van der Waals surface area contributed by atoms with Gasteiger partial charge in [0.15, 0.2) is 0 Å². The highest BCUT2D eigenvalue weighted by Crippen LogP contribution is 2.27. The van der Waals surface area contributed by atoms with Crippen LogP contribution in [-0.2, 0) is 0 Å². The van der Waals surface area contributed by atoms with Crippen LogP contribution in [0.4, 0.5) is 0 Å². The van der Waals surface area contributed by atoms with E-state index in [2.05, 4.69) is 22.0 Å². The molecule has 2 nitrogen and oxygen atoms in total. The number of nitriles is 1. The molecule has 0 amide bonds. The summed E-state index contributed by atoms with van der Waals surface area (Å²) >= 11 is 9.28. The summed E-state index contributed by atoms with van der Waals surface area (Å²) in [6.07, 6.45) is 1.80. The third-order valence-electron chi connectivity index (χ3n) is 2.77. The van der Waals surface area contributed by atoms with Crippen LogP contribution in [-0.4, -0.2) is 7.11 Å². The molecular weight excluding hydrogens is 338 g/mol. The Hall–Kier alpha value is -1.76. The van der Waals surface area contributed by atoms with Crippen molar-refractivity contribution in [1.29, 1.82) is 5.26 Å². The molecule has 0 aromatic heterocycles. The first-order valence-corrected chi connectivity index (χ1v) is 7.02. The minimum Gasteiger partial charge on any atom is -0.496 e. The van der Waals surface area contributed by atoms with Gasteiger partial charge in [-0.25, -0.2) is 0 Å². The van der Waals surface area contributed by atoms with Gasteiger partial charge in [-0.3, -0.25) is 0 Å². The molecule has 0 aliphatic rings. The van der Waals surface area contributed by atoms with Crippen LogP contribution in [0.1, 0.15) is 11.1 Å². The maximum atomic E-state index is 9.34. The molecule has 2 aromatic carbocycles. The molecule has 0 unspecified atom stereocenters. The summed E-state index contributed by atoms with van der Waals surface area (Å²) in [7, 11) is 1.61. The molecule has 0 saturated heterocycles.